The third-order valence-corrected chi connectivity index (χ3v) is 4.14. The van der Waals surface area contributed by atoms with Crippen LogP contribution in [0.4, 0.5) is 4.79 Å². The molecule has 0 aromatic heterocycles. The molecule has 1 aliphatic heterocycles. The lowest BCUT2D eigenvalue weighted by molar-refractivity contribution is -0.139. The number of hydrogen-bond acceptors (Lipinski definition) is 5. The minimum Gasteiger partial charge on any atom is -0.469 e. The van der Waals surface area contributed by atoms with E-state index in [0.29, 0.717) is 24.6 Å². The van der Waals surface area contributed by atoms with Gasteiger partial charge in [-0.2, -0.15) is 0 Å². The highest BCUT2D eigenvalue weighted by Gasteiger charge is 2.24. The van der Waals surface area contributed by atoms with E-state index in [2.05, 4.69) is 4.74 Å². The van der Waals surface area contributed by atoms with Gasteiger partial charge in [-0.05, 0) is 30.4 Å². The zero-order valence-corrected chi connectivity index (χ0v) is 13.4. The molecule has 0 bridgehead atoms. The predicted molar refractivity (Wildman–Crippen MR) is 83.4 cm³/mol. The molecule has 2 rings (SSSR count). The summed E-state index contributed by atoms with van der Waals surface area (Å²) < 4.78 is 9.25. The van der Waals surface area contributed by atoms with Gasteiger partial charge in [0, 0.05) is 18.7 Å². The second-order valence-corrected chi connectivity index (χ2v) is 5.53. The van der Waals surface area contributed by atoms with E-state index in [1.165, 1.54) is 14.2 Å². The molecule has 0 N–H and O–H groups in total. The minimum atomic E-state index is -0.535. The second-order valence-electron chi connectivity index (χ2n) is 5.53. The van der Waals surface area contributed by atoms with Gasteiger partial charge in [0.15, 0.2) is 5.78 Å². The number of Topliss-reactive ketones (excluding diaryl/α,β-unsaturated/α-hetero) is 1. The van der Waals surface area contributed by atoms with Gasteiger partial charge in [0.2, 0.25) is 0 Å². The number of ketones is 1. The van der Waals surface area contributed by atoms with E-state index in [9.17, 15) is 14.4 Å². The summed E-state index contributed by atoms with van der Waals surface area (Å²) in [5.41, 5.74) is 1.58. The Labute approximate surface area is 135 Å². The number of amides is 1. The molecule has 1 amide bonds. The maximum Gasteiger partial charge on any atom is 0.409 e. The highest BCUT2D eigenvalue weighted by molar-refractivity contribution is 6.06. The van der Waals surface area contributed by atoms with Crippen LogP contribution in [0.3, 0.4) is 0 Å². The lowest BCUT2D eigenvalue weighted by Crippen LogP contribution is -2.37. The molecule has 1 heterocycles. The standard InChI is InChI=1S/C17H21NO5/c1-22-16(20)11-15(19)14-5-3-4-13(10-14)12-6-8-18(9-7-12)17(21)23-2/h3-5,10,12H,6-9,11H2,1-2H3. The monoisotopic (exact) mass is 319 g/mol. The van der Waals surface area contributed by atoms with Crippen LogP contribution in [0.5, 0.6) is 0 Å². The van der Waals surface area contributed by atoms with Crippen molar-refractivity contribution in [2.45, 2.75) is 25.2 Å². The molecule has 6 nitrogen and oxygen atoms in total. The van der Waals surface area contributed by atoms with Crippen LogP contribution in [-0.2, 0) is 14.3 Å². The van der Waals surface area contributed by atoms with Crippen LogP contribution in [0.1, 0.15) is 41.1 Å². The van der Waals surface area contributed by atoms with E-state index < -0.39 is 5.97 Å². The maximum absolute atomic E-state index is 12.1. The van der Waals surface area contributed by atoms with Gasteiger partial charge in [0.1, 0.15) is 6.42 Å². The van der Waals surface area contributed by atoms with Gasteiger partial charge in [-0.15, -0.1) is 0 Å². The van der Waals surface area contributed by atoms with Crippen molar-refractivity contribution in [3.63, 3.8) is 0 Å². The molecule has 0 saturated carbocycles. The van der Waals surface area contributed by atoms with Crippen molar-refractivity contribution in [1.82, 2.24) is 4.90 Å². The van der Waals surface area contributed by atoms with Gasteiger partial charge in [-0.25, -0.2) is 4.79 Å². The quantitative estimate of drug-likeness (QED) is 0.484. The van der Waals surface area contributed by atoms with Crippen LogP contribution in [0.15, 0.2) is 24.3 Å². The fraction of sp³-hybridized carbons (Fsp3) is 0.471. The largest absolute Gasteiger partial charge is 0.469 e. The number of ether oxygens (including phenoxy) is 2. The van der Waals surface area contributed by atoms with Crippen LogP contribution in [0, 0.1) is 0 Å². The van der Waals surface area contributed by atoms with Crippen molar-refractivity contribution >= 4 is 17.8 Å². The number of carbonyl (C=O) groups is 3. The average molecular weight is 319 g/mol. The minimum absolute atomic E-state index is 0.245. The van der Waals surface area contributed by atoms with Gasteiger partial charge in [-0.1, -0.05) is 18.2 Å². The molecule has 0 unspecified atom stereocenters. The summed E-state index contributed by atoms with van der Waals surface area (Å²) in [6, 6.07) is 7.35. The van der Waals surface area contributed by atoms with Crippen molar-refractivity contribution < 1.29 is 23.9 Å². The first kappa shape index (κ1) is 17.0. The van der Waals surface area contributed by atoms with E-state index in [0.717, 1.165) is 18.4 Å². The Hall–Kier alpha value is -2.37. The predicted octanol–water partition coefficient (Wildman–Crippen LogP) is 2.38. The first-order valence-electron chi connectivity index (χ1n) is 7.58. The van der Waals surface area contributed by atoms with Crippen LogP contribution in [-0.4, -0.2) is 50.1 Å². The van der Waals surface area contributed by atoms with Crippen molar-refractivity contribution in [1.29, 1.82) is 0 Å². The topological polar surface area (TPSA) is 72.9 Å². The van der Waals surface area contributed by atoms with E-state index in [4.69, 9.17) is 4.74 Å². The number of carbonyl (C=O) groups excluding carboxylic acids is 3. The molecule has 1 saturated heterocycles. The lowest BCUT2D eigenvalue weighted by Gasteiger charge is -2.31. The summed E-state index contributed by atoms with van der Waals surface area (Å²) in [6.45, 7) is 1.27. The zero-order chi connectivity index (χ0) is 16.8. The molecule has 1 aromatic carbocycles. The molecule has 0 spiro atoms. The smallest absolute Gasteiger partial charge is 0.409 e. The van der Waals surface area contributed by atoms with Crippen molar-refractivity contribution in [3.8, 4) is 0 Å². The number of likely N-dealkylation sites (tertiary alicyclic amines) is 1. The molecule has 0 atom stereocenters. The summed E-state index contributed by atoms with van der Waals surface area (Å²) in [5.74, 6) is -0.487. The van der Waals surface area contributed by atoms with Gasteiger partial charge in [-0.3, -0.25) is 9.59 Å². The first-order chi connectivity index (χ1) is 11.0. The Morgan fingerprint density at radius 2 is 1.83 bits per heavy atom. The van der Waals surface area contributed by atoms with Gasteiger partial charge < -0.3 is 14.4 Å². The number of benzene rings is 1. The van der Waals surface area contributed by atoms with Crippen molar-refractivity contribution in [2.24, 2.45) is 0 Å². The summed E-state index contributed by atoms with van der Waals surface area (Å²) >= 11 is 0. The zero-order valence-electron chi connectivity index (χ0n) is 13.4. The number of esters is 1. The third-order valence-electron chi connectivity index (χ3n) is 4.14. The van der Waals surface area contributed by atoms with E-state index in [1.54, 1.807) is 11.0 Å². The molecule has 0 radical (unpaired) electrons. The molecular weight excluding hydrogens is 298 g/mol. The number of nitrogens with zero attached hydrogens (tertiary/aromatic N) is 1. The second kappa shape index (κ2) is 7.76. The fourth-order valence-corrected chi connectivity index (χ4v) is 2.80. The molecular formula is C17H21NO5. The molecule has 6 heteroatoms. The van der Waals surface area contributed by atoms with E-state index >= 15 is 0 Å². The van der Waals surface area contributed by atoms with Crippen LogP contribution < -0.4 is 0 Å². The highest BCUT2D eigenvalue weighted by atomic mass is 16.5. The first-order valence-corrected chi connectivity index (χ1v) is 7.58. The van der Waals surface area contributed by atoms with Gasteiger partial charge in [0.05, 0.1) is 14.2 Å². The third kappa shape index (κ3) is 4.31. The Morgan fingerprint density at radius 3 is 2.43 bits per heavy atom. The van der Waals surface area contributed by atoms with E-state index in [-0.39, 0.29) is 18.3 Å². The normalized spacial score (nSPS) is 15.1. The van der Waals surface area contributed by atoms with Gasteiger partial charge in [0.25, 0.3) is 0 Å². The number of piperidine rings is 1. The summed E-state index contributed by atoms with van der Waals surface area (Å²) in [4.78, 5) is 36.5. The molecule has 1 aromatic rings. The number of hydrogen-bond donors (Lipinski definition) is 0. The van der Waals surface area contributed by atoms with Crippen molar-refractivity contribution in [2.75, 3.05) is 27.3 Å². The summed E-state index contributed by atoms with van der Waals surface area (Å²) in [5, 5.41) is 0. The molecule has 1 fully saturated rings. The maximum atomic E-state index is 12.1. The van der Waals surface area contributed by atoms with Crippen LogP contribution >= 0.6 is 0 Å². The Morgan fingerprint density at radius 1 is 1.13 bits per heavy atom. The molecule has 124 valence electrons. The van der Waals surface area contributed by atoms with Crippen LogP contribution in [0.25, 0.3) is 0 Å². The van der Waals surface area contributed by atoms with E-state index in [1.807, 2.05) is 18.2 Å². The fourth-order valence-electron chi connectivity index (χ4n) is 2.80. The molecule has 23 heavy (non-hydrogen) atoms. The van der Waals surface area contributed by atoms with Crippen molar-refractivity contribution in [3.05, 3.63) is 35.4 Å². The summed E-state index contributed by atoms with van der Waals surface area (Å²) in [7, 11) is 2.64. The lowest BCUT2D eigenvalue weighted by atomic mass is 9.88. The Kier molecular flexibility index (Phi) is 5.73. The number of rotatable bonds is 4. The van der Waals surface area contributed by atoms with Crippen LogP contribution in [0.2, 0.25) is 0 Å². The number of methoxy groups -OCH3 is 2. The molecule has 0 aliphatic carbocycles. The highest BCUT2D eigenvalue weighted by Crippen LogP contribution is 2.29. The Bertz CT molecular complexity index is 590. The van der Waals surface area contributed by atoms with Gasteiger partial charge >= 0.3 is 12.1 Å². The SMILES string of the molecule is COC(=O)CC(=O)c1cccc(C2CCN(C(=O)OC)CC2)c1. The summed E-state index contributed by atoms with van der Waals surface area (Å²) in [6.07, 6.45) is 1.10. The molecule has 1 aliphatic rings. The average Bonchev–Trinajstić information content (AvgIpc) is 2.61. The Balaban J connectivity index is 2.02.